The van der Waals surface area contributed by atoms with Crippen molar-refractivity contribution in [3.63, 3.8) is 0 Å². The third-order valence-electron chi connectivity index (χ3n) is 3.09. The van der Waals surface area contributed by atoms with E-state index in [1.807, 2.05) is 6.92 Å². The molecule has 3 heteroatoms. The monoisotopic (exact) mass is 200 g/mol. The minimum Gasteiger partial charge on any atom is -0.394 e. The highest BCUT2D eigenvalue weighted by Gasteiger charge is 2.20. The van der Waals surface area contributed by atoms with Gasteiger partial charge in [-0.1, -0.05) is 6.92 Å². The van der Waals surface area contributed by atoms with Crippen LogP contribution in [0.3, 0.4) is 0 Å². The van der Waals surface area contributed by atoms with Gasteiger partial charge in [-0.3, -0.25) is 0 Å². The molecule has 3 nitrogen and oxygen atoms in total. The van der Waals surface area contributed by atoms with Crippen molar-refractivity contribution in [2.45, 2.75) is 38.6 Å². The lowest BCUT2D eigenvalue weighted by Crippen LogP contribution is -2.40. The Morgan fingerprint density at radius 2 is 2.29 bits per heavy atom. The smallest absolute Gasteiger partial charge is 0.0608 e. The maximum absolute atomic E-state index is 8.99. The third kappa shape index (κ3) is 3.95. The quantitative estimate of drug-likeness (QED) is 0.691. The normalized spacial score (nSPS) is 27.9. The van der Waals surface area contributed by atoms with E-state index in [-0.39, 0.29) is 12.1 Å². The number of nitrogens with zero attached hydrogens (tertiary/aromatic N) is 1. The molecule has 0 aromatic heterocycles. The summed E-state index contributed by atoms with van der Waals surface area (Å²) >= 11 is 0. The molecule has 0 aliphatic carbocycles. The largest absolute Gasteiger partial charge is 0.394 e. The molecular weight excluding hydrogens is 176 g/mol. The lowest BCUT2D eigenvalue weighted by atomic mass is 9.98. The summed E-state index contributed by atoms with van der Waals surface area (Å²) < 4.78 is 0. The van der Waals surface area contributed by atoms with Crippen LogP contribution in [0.5, 0.6) is 0 Å². The fourth-order valence-corrected chi connectivity index (χ4v) is 2.01. The maximum atomic E-state index is 8.99. The molecule has 1 aliphatic heterocycles. The number of aliphatic hydroxyl groups excluding tert-OH is 1. The van der Waals surface area contributed by atoms with Gasteiger partial charge in [0.15, 0.2) is 0 Å². The Kier molecular flexibility index (Phi) is 4.35. The van der Waals surface area contributed by atoms with Crippen molar-refractivity contribution in [3.8, 4) is 0 Å². The zero-order chi connectivity index (χ0) is 10.6. The van der Waals surface area contributed by atoms with E-state index < -0.39 is 0 Å². The summed E-state index contributed by atoms with van der Waals surface area (Å²) in [7, 11) is 0. The minimum absolute atomic E-state index is 0.0867. The first-order chi connectivity index (χ1) is 6.53. The summed E-state index contributed by atoms with van der Waals surface area (Å²) in [5.74, 6) is 0.858. The number of hydrogen-bond acceptors (Lipinski definition) is 3. The van der Waals surface area contributed by atoms with E-state index >= 15 is 0 Å². The highest BCUT2D eigenvalue weighted by atomic mass is 16.3. The van der Waals surface area contributed by atoms with Gasteiger partial charge in [0.05, 0.1) is 6.61 Å². The molecule has 0 aromatic carbocycles. The van der Waals surface area contributed by atoms with Crippen LogP contribution in [0.15, 0.2) is 0 Å². The summed E-state index contributed by atoms with van der Waals surface area (Å²) in [6.45, 7) is 7.92. The summed E-state index contributed by atoms with van der Waals surface area (Å²) in [6, 6.07) is 0. The van der Waals surface area contributed by atoms with E-state index in [0.717, 1.165) is 25.3 Å². The Bertz CT molecular complexity index is 171. The summed E-state index contributed by atoms with van der Waals surface area (Å²) in [6.07, 6.45) is 3.34. The second-order valence-corrected chi connectivity index (χ2v) is 5.11. The Morgan fingerprint density at radius 3 is 2.79 bits per heavy atom. The average Bonchev–Trinajstić information content (AvgIpc) is 2.51. The van der Waals surface area contributed by atoms with E-state index in [2.05, 4.69) is 11.8 Å². The van der Waals surface area contributed by atoms with Crippen molar-refractivity contribution < 1.29 is 5.11 Å². The summed E-state index contributed by atoms with van der Waals surface area (Å²) in [5.41, 5.74) is 5.48. The Labute approximate surface area is 87.3 Å². The minimum atomic E-state index is -0.384. The first-order valence-electron chi connectivity index (χ1n) is 5.65. The molecule has 84 valence electrons. The van der Waals surface area contributed by atoms with E-state index in [4.69, 9.17) is 10.8 Å². The van der Waals surface area contributed by atoms with Crippen LogP contribution in [-0.4, -0.2) is 41.8 Å². The average molecular weight is 200 g/mol. The Morgan fingerprint density at radius 1 is 1.57 bits per heavy atom. The molecule has 0 radical (unpaired) electrons. The fraction of sp³-hybridized carbons (Fsp3) is 1.00. The molecule has 1 fully saturated rings. The van der Waals surface area contributed by atoms with Crippen LogP contribution < -0.4 is 5.73 Å². The van der Waals surface area contributed by atoms with Gasteiger partial charge < -0.3 is 15.7 Å². The molecule has 1 aliphatic rings. The molecule has 0 spiro atoms. The van der Waals surface area contributed by atoms with Crippen molar-refractivity contribution in [2.75, 3.05) is 26.2 Å². The topological polar surface area (TPSA) is 49.5 Å². The fourth-order valence-electron chi connectivity index (χ4n) is 2.01. The van der Waals surface area contributed by atoms with Gasteiger partial charge in [-0.25, -0.2) is 0 Å². The van der Waals surface area contributed by atoms with E-state index in [0.29, 0.717) is 0 Å². The predicted octanol–water partition coefficient (Wildman–Crippen LogP) is 0.818. The molecular formula is C11H24N2O. The first-order valence-corrected chi connectivity index (χ1v) is 5.65. The van der Waals surface area contributed by atoms with Crippen molar-refractivity contribution in [1.29, 1.82) is 0 Å². The van der Waals surface area contributed by atoms with Crippen LogP contribution in [0.1, 0.15) is 33.1 Å². The molecule has 0 bridgehead atoms. The van der Waals surface area contributed by atoms with Gasteiger partial charge in [-0.15, -0.1) is 0 Å². The number of aliphatic hydroxyl groups is 1. The molecule has 14 heavy (non-hydrogen) atoms. The van der Waals surface area contributed by atoms with Crippen molar-refractivity contribution in [2.24, 2.45) is 11.7 Å². The molecule has 1 rings (SSSR count). The van der Waals surface area contributed by atoms with Gasteiger partial charge in [-0.2, -0.15) is 0 Å². The second kappa shape index (κ2) is 5.10. The molecule has 2 unspecified atom stereocenters. The number of hydrogen-bond donors (Lipinski definition) is 2. The van der Waals surface area contributed by atoms with Crippen LogP contribution >= 0.6 is 0 Å². The number of nitrogens with two attached hydrogens (primary N) is 1. The van der Waals surface area contributed by atoms with Gasteiger partial charge in [-0.05, 0) is 45.2 Å². The van der Waals surface area contributed by atoms with Crippen molar-refractivity contribution in [3.05, 3.63) is 0 Å². The lowest BCUT2D eigenvalue weighted by molar-refractivity contribution is 0.191. The highest BCUT2D eigenvalue weighted by Crippen LogP contribution is 2.16. The molecule has 0 saturated carbocycles. The molecule has 0 aromatic rings. The molecule has 1 saturated heterocycles. The summed E-state index contributed by atoms with van der Waals surface area (Å²) in [4.78, 5) is 2.50. The van der Waals surface area contributed by atoms with Crippen molar-refractivity contribution in [1.82, 2.24) is 4.90 Å². The van der Waals surface area contributed by atoms with Crippen molar-refractivity contribution >= 4 is 0 Å². The van der Waals surface area contributed by atoms with E-state index in [9.17, 15) is 0 Å². The lowest BCUT2D eigenvalue weighted by Gasteiger charge is -2.23. The summed E-state index contributed by atoms with van der Waals surface area (Å²) in [5, 5.41) is 8.99. The SMILES string of the molecule is CC1CCN(CCCC(C)(N)CO)C1. The van der Waals surface area contributed by atoms with Crippen LogP contribution in [0, 0.1) is 5.92 Å². The zero-order valence-electron chi connectivity index (χ0n) is 9.50. The third-order valence-corrected chi connectivity index (χ3v) is 3.09. The molecule has 2 atom stereocenters. The second-order valence-electron chi connectivity index (χ2n) is 5.11. The van der Waals surface area contributed by atoms with Crippen LogP contribution in [0.2, 0.25) is 0 Å². The van der Waals surface area contributed by atoms with Gasteiger partial charge in [0.25, 0.3) is 0 Å². The van der Waals surface area contributed by atoms with Gasteiger partial charge in [0.2, 0.25) is 0 Å². The van der Waals surface area contributed by atoms with Gasteiger partial charge in [0, 0.05) is 12.1 Å². The van der Waals surface area contributed by atoms with E-state index in [1.54, 1.807) is 0 Å². The molecule has 3 N–H and O–H groups in total. The number of rotatable bonds is 5. The van der Waals surface area contributed by atoms with Gasteiger partial charge in [0.1, 0.15) is 0 Å². The predicted molar refractivity (Wildman–Crippen MR) is 59.1 cm³/mol. The Hall–Kier alpha value is -0.120. The standard InChI is InChI=1S/C11H24N2O/c1-10-4-7-13(8-10)6-3-5-11(2,12)9-14/h10,14H,3-9,12H2,1-2H3. The molecule has 0 amide bonds. The van der Waals surface area contributed by atoms with E-state index in [1.165, 1.54) is 19.5 Å². The molecule has 1 heterocycles. The van der Waals surface area contributed by atoms with Crippen LogP contribution in [0.25, 0.3) is 0 Å². The maximum Gasteiger partial charge on any atom is 0.0608 e. The zero-order valence-corrected chi connectivity index (χ0v) is 9.50. The number of likely N-dealkylation sites (tertiary alicyclic amines) is 1. The van der Waals surface area contributed by atoms with Gasteiger partial charge >= 0.3 is 0 Å². The van der Waals surface area contributed by atoms with Crippen LogP contribution in [-0.2, 0) is 0 Å². The highest BCUT2D eigenvalue weighted by molar-refractivity contribution is 4.79. The van der Waals surface area contributed by atoms with Crippen LogP contribution in [0.4, 0.5) is 0 Å². The Balaban J connectivity index is 2.10. The first kappa shape index (κ1) is 12.0.